The monoisotopic (exact) mass is 463 g/mol. The van der Waals surface area contributed by atoms with Gasteiger partial charge < -0.3 is 15.4 Å². The molecule has 2 fully saturated rings. The van der Waals surface area contributed by atoms with E-state index in [-0.39, 0.29) is 22.8 Å². The maximum absolute atomic E-state index is 13.1. The van der Waals surface area contributed by atoms with Gasteiger partial charge in [-0.2, -0.15) is 4.31 Å². The van der Waals surface area contributed by atoms with Crippen LogP contribution in [0.25, 0.3) is 0 Å². The van der Waals surface area contributed by atoms with Crippen LogP contribution < -0.4 is 10.6 Å². The Bertz CT molecular complexity index is 895. The molecule has 0 spiro atoms. The predicted octanol–water partition coefficient (Wildman–Crippen LogP) is 2.08. The first-order chi connectivity index (χ1) is 15.4. The average molecular weight is 464 g/mol. The summed E-state index contributed by atoms with van der Waals surface area (Å²) >= 11 is 0. The summed E-state index contributed by atoms with van der Waals surface area (Å²) in [6.45, 7) is 6.35. The number of sulfonamides is 1. The van der Waals surface area contributed by atoms with Crippen molar-refractivity contribution in [2.75, 3.05) is 32.8 Å². The second kappa shape index (κ2) is 11.6. The summed E-state index contributed by atoms with van der Waals surface area (Å²) in [7, 11) is -3.66. The molecule has 2 amide bonds. The number of rotatable bonds is 8. The zero-order valence-electron chi connectivity index (χ0n) is 18.4. The van der Waals surface area contributed by atoms with Crippen LogP contribution >= 0.6 is 0 Å². The fraction of sp³-hybridized carbons (Fsp3) is 0.565. The maximum Gasteiger partial charge on any atom is 0.251 e. The molecule has 0 aliphatic carbocycles. The van der Waals surface area contributed by atoms with Crippen LogP contribution in [0.2, 0.25) is 0 Å². The largest absolute Gasteiger partial charge is 0.381 e. The van der Waals surface area contributed by atoms with E-state index in [4.69, 9.17) is 4.74 Å². The number of ether oxygens (including phenoxy) is 1. The first kappa shape index (κ1) is 24.4. The highest BCUT2D eigenvalue weighted by molar-refractivity contribution is 7.89. The molecule has 9 heteroatoms. The van der Waals surface area contributed by atoms with Crippen molar-refractivity contribution < 1.29 is 22.7 Å². The van der Waals surface area contributed by atoms with Crippen molar-refractivity contribution in [1.29, 1.82) is 0 Å². The number of nitrogens with zero attached hydrogens (tertiary/aromatic N) is 1. The van der Waals surface area contributed by atoms with Gasteiger partial charge in [0.25, 0.3) is 5.91 Å². The Morgan fingerprint density at radius 3 is 2.50 bits per heavy atom. The Morgan fingerprint density at radius 2 is 1.81 bits per heavy atom. The highest BCUT2D eigenvalue weighted by Gasteiger charge is 2.28. The molecule has 1 aromatic carbocycles. The van der Waals surface area contributed by atoms with Gasteiger partial charge in [-0.25, -0.2) is 8.42 Å². The van der Waals surface area contributed by atoms with Crippen molar-refractivity contribution in [1.82, 2.24) is 14.9 Å². The molecular weight excluding hydrogens is 430 g/mol. The van der Waals surface area contributed by atoms with Crippen molar-refractivity contribution >= 4 is 21.8 Å². The first-order valence-corrected chi connectivity index (χ1v) is 12.7. The highest BCUT2D eigenvalue weighted by Crippen LogP contribution is 2.21. The Balaban J connectivity index is 1.53. The fourth-order valence-corrected chi connectivity index (χ4v) is 5.66. The molecule has 32 heavy (non-hydrogen) atoms. The van der Waals surface area contributed by atoms with Crippen molar-refractivity contribution in [3.8, 4) is 0 Å². The number of carbonyl (C=O) groups is 2. The van der Waals surface area contributed by atoms with Crippen LogP contribution in [0, 0.1) is 5.92 Å². The van der Waals surface area contributed by atoms with Gasteiger partial charge in [0.15, 0.2) is 0 Å². The summed E-state index contributed by atoms with van der Waals surface area (Å²) in [5.41, 5.74) is 0.444. The number of amides is 2. The molecule has 2 N–H and O–H groups in total. The van der Waals surface area contributed by atoms with Crippen LogP contribution in [0.4, 0.5) is 0 Å². The van der Waals surface area contributed by atoms with E-state index in [2.05, 4.69) is 17.2 Å². The smallest absolute Gasteiger partial charge is 0.251 e. The molecule has 2 saturated heterocycles. The van der Waals surface area contributed by atoms with Crippen LogP contribution in [0.5, 0.6) is 0 Å². The van der Waals surface area contributed by atoms with Crippen molar-refractivity contribution in [3.63, 3.8) is 0 Å². The SMILES string of the molecule is C=CC(=O)NC1CCCN(S(=O)(=O)c2ccc(C(=O)NCCC3CCOCC3)cc2)CC1. The van der Waals surface area contributed by atoms with Gasteiger partial charge in [0, 0.05) is 44.5 Å². The first-order valence-electron chi connectivity index (χ1n) is 11.3. The minimum atomic E-state index is -3.66. The van der Waals surface area contributed by atoms with Gasteiger partial charge >= 0.3 is 0 Å². The van der Waals surface area contributed by atoms with E-state index in [0.717, 1.165) is 38.9 Å². The van der Waals surface area contributed by atoms with Gasteiger partial charge in [0.1, 0.15) is 0 Å². The van der Waals surface area contributed by atoms with Crippen molar-refractivity contribution in [3.05, 3.63) is 42.5 Å². The molecule has 0 radical (unpaired) electrons. The minimum absolute atomic E-state index is 0.0621. The number of hydrogen-bond acceptors (Lipinski definition) is 5. The third kappa shape index (κ3) is 6.63. The van der Waals surface area contributed by atoms with Crippen LogP contribution in [0.3, 0.4) is 0 Å². The lowest BCUT2D eigenvalue weighted by Gasteiger charge is -2.22. The Morgan fingerprint density at radius 1 is 1.09 bits per heavy atom. The van der Waals surface area contributed by atoms with Crippen molar-refractivity contribution in [2.45, 2.75) is 49.5 Å². The Kier molecular flexibility index (Phi) is 8.84. The summed E-state index contributed by atoms with van der Waals surface area (Å²) in [5.74, 6) is 0.138. The Hall–Kier alpha value is -2.23. The molecule has 2 heterocycles. The van der Waals surface area contributed by atoms with E-state index >= 15 is 0 Å². The molecule has 1 aromatic rings. The summed E-state index contributed by atoms with van der Waals surface area (Å²) in [5, 5.41) is 5.77. The lowest BCUT2D eigenvalue weighted by atomic mass is 9.97. The number of nitrogens with one attached hydrogen (secondary N) is 2. The maximum atomic E-state index is 13.1. The van der Waals surface area contributed by atoms with E-state index in [9.17, 15) is 18.0 Å². The van der Waals surface area contributed by atoms with Gasteiger partial charge in [-0.1, -0.05) is 6.58 Å². The van der Waals surface area contributed by atoms with E-state index in [1.807, 2.05) is 0 Å². The molecule has 1 unspecified atom stereocenters. The van der Waals surface area contributed by atoms with E-state index in [1.54, 1.807) is 12.1 Å². The second-order valence-corrected chi connectivity index (χ2v) is 10.3. The molecular formula is C23H33N3O5S. The standard InChI is InChI=1S/C23H33N3O5S/c1-2-22(27)25-20-4-3-14-26(15-10-20)32(29,30)21-7-5-19(6-8-21)23(28)24-13-9-18-11-16-31-17-12-18/h2,5-8,18,20H,1,3-4,9-17H2,(H,24,28)(H,25,27). The van der Waals surface area contributed by atoms with Gasteiger partial charge in [-0.15, -0.1) is 0 Å². The molecule has 3 rings (SSSR count). The third-order valence-corrected chi connectivity index (χ3v) is 8.07. The van der Waals surface area contributed by atoms with Crippen molar-refractivity contribution in [2.24, 2.45) is 5.92 Å². The van der Waals surface area contributed by atoms with Crippen LogP contribution in [-0.4, -0.2) is 63.4 Å². The minimum Gasteiger partial charge on any atom is -0.381 e. The van der Waals surface area contributed by atoms with Crippen LogP contribution in [0.15, 0.2) is 41.8 Å². The number of benzene rings is 1. The molecule has 0 saturated carbocycles. The molecule has 8 nitrogen and oxygen atoms in total. The number of hydrogen-bond donors (Lipinski definition) is 2. The van der Waals surface area contributed by atoms with E-state index < -0.39 is 10.0 Å². The Labute approximate surface area is 190 Å². The van der Waals surface area contributed by atoms with E-state index in [0.29, 0.717) is 44.0 Å². The zero-order chi connectivity index (χ0) is 23.0. The van der Waals surface area contributed by atoms with Gasteiger partial charge in [-0.3, -0.25) is 9.59 Å². The van der Waals surface area contributed by atoms with Crippen LogP contribution in [-0.2, 0) is 19.6 Å². The lowest BCUT2D eigenvalue weighted by molar-refractivity contribution is -0.117. The third-order valence-electron chi connectivity index (χ3n) is 6.15. The zero-order valence-corrected chi connectivity index (χ0v) is 19.2. The molecule has 0 bridgehead atoms. The summed E-state index contributed by atoms with van der Waals surface area (Å²) in [6, 6.07) is 6.03. The normalized spacial score (nSPS) is 20.8. The fourth-order valence-electron chi connectivity index (χ4n) is 4.17. The van der Waals surface area contributed by atoms with Gasteiger partial charge in [-0.05, 0) is 74.8 Å². The molecule has 1 atom stereocenters. The molecule has 0 aromatic heterocycles. The lowest BCUT2D eigenvalue weighted by Crippen LogP contribution is -2.36. The number of carbonyl (C=O) groups excluding carboxylic acids is 2. The average Bonchev–Trinajstić information content (AvgIpc) is 3.06. The second-order valence-electron chi connectivity index (χ2n) is 8.37. The van der Waals surface area contributed by atoms with Gasteiger partial charge in [0.2, 0.25) is 15.9 Å². The molecule has 2 aliphatic heterocycles. The quantitative estimate of drug-likeness (QED) is 0.575. The molecule has 176 valence electrons. The summed E-state index contributed by atoms with van der Waals surface area (Å²) in [6.07, 6.45) is 6.13. The molecule has 2 aliphatic rings. The highest BCUT2D eigenvalue weighted by atomic mass is 32.2. The topological polar surface area (TPSA) is 105 Å². The van der Waals surface area contributed by atoms with E-state index in [1.165, 1.54) is 22.5 Å². The summed E-state index contributed by atoms with van der Waals surface area (Å²) < 4.78 is 32.9. The van der Waals surface area contributed by atoms with Crippen LogP contribution in [0.1, 0.15) is 48.9 Å². The van der Waals surface area contributed by atoms with Gasteiger partial charge in [0.05, 0.1) is 4.90 Å². The summed E-state index contributed by atoms with van der Waals surface area (Å²) in [4.78, 5) is 24.1. The predicted molar refractivity (Wildman–Crippen MR) is 122 cm³/mol.